The largest absolute Gasteiger partial charge is 0.378 e. The number of aromatic amines is 1. The van der Waals surface area contributed by atoms with Crippen molar-refractivity contribution in [1.82, 2.24) is 14.8 Å². The summed E-state index contributed by atoms with van der Waals surface area (Å²) >= 11 is 0. The molecule has 1 N–H and O–H groups in total. The van der Waals surface area contributed by atoms with Crippen molar-refractivity contribution in [2.24, 2.45) is 5.10 Å². The van der Waals surface area contributed by atoms with Crippen LogP contribution in [0.4, 0.5) is 0 Å². The monoisotopic (exact) mass is 328 g/mol. The van der Waals surface area contributed by atoms with E-state index in [-0.39, 0.29) is 5.56 Å². The van der Waals surface area contributed by atoms with Crippen LogP contribution in [-0.2, 0) is 11.2 Å². The molecule has 2 aromatic rings. The normalized spacial score (nSPS) is 15.8. The second-order valence-electron chi connectivity index (χ2n) is 5.94. The number of aromatic nitrogens is 2. The first kappa shape index (κ1) is 16.5. The molecule has 0 saturated carbocycles. The van der Waals surface area contributed by atoms with E-state index in [1.54, 1.807) is 4.68 Å². The molecule has 6 heteroatoms. The van der Waals surface area contributed by atoms with Crippen LogP contribution < -0.4 is 5.56 Å². The van der Waals surface area contributed by atoms with Gasteiger partial charge in [0.15, 0.2) is 0 Å². The maximum atomic E-state index is 13.0. The fourth-order valence-corrected chi connectivity index (χ4v) is 2.96. The van der Waals surface area contributed by atoms with E-state index in [0.29, 0.717) is 18.8 Å². The molecule has 0 spiro atoms. The summed E-state index contributed by atoms with van der Waals surface area (Å²) in [4.78, 5) is 13.0. The number of morpholine rings is 1. The Morgan fingerprint density at radius 2 is 1.96 bits per heavy atom. The highest BCUT2D eigenvalue weighted by atomic mass is 16.5. The summed E-state index contributed by atoms with van der Waals surface area (Å²) in [5, 5.41) is 9.90. The molecule has 24 heavy (non-hydrogen) atoms. The van der Waals surface area contributed by atoms with Crippen molar-refractivity contribution >= 4 is 5.71 Å². The lowest BCUT2D eigenvalue weighted by Crippen LogP contribution is -2.33. The first-order valence-electron chi connectivity index (χ1n) is 8.48. The smallest absolute Gasteiger partial charge is 0.280 e. The third-order valence-corrected chi connectivity index (χ3v) is 4.12. The second-order valence-corrected chi connectivity index (χ2v) is 5.94. The highest BCUT2D eigenvalue weighted by Gasteiger charge is 2.18. The van der Waals surface area contributed by atoms with Gasteiger partial charge in [-0.15, -0.1) is 0 Å². The first-order valence-corrected chi connectivity index (χ1v) is 8.48. The number of H-pyrrole nitrogens is 1. The summed E-state index contributed by atoms with van der Waals surface area (Å²) in [6, 6.07) is 9.64. The fraction of sp³-hybridized carbons (Fsp3) is 0.444. The van der Waals surface area contributed by atoms with E-state index in [4.69, 9.17) is 4.74 Å². The van der Waals surface area contributed by atoms with Crippen LogP contribution >= 0.6 is 0 Å². The van der Waals surface area contributed by atoms with Crippen LogP contribution in [0.25, 0.3) is 5.69 Å². The molecule has 3 rings (SSSR count). The number of para-hydroxylation sites is 1. The molecule has 0 aliphatic carbocycles. The van der Waals surface area contributed by atoms with Crippen molar-refractivity contribution < 1.29 is 4.74 Å². The average Bonchev–Trinajstić information content (AvgIpc) is 2.93. The summed E-state index contributed by atoms with van der Waals surface area (Å²) in [7, 11) is 0. The molecule has 1 aliphatic heterocycles. The van der Waals surface area contributed by atoms with Crippen LogP contribution in [0.3, 0.4) is 0 Å². The Balaban J connectivity index is 2.01. The van der Waals surface area contributed by atoms with Gasteiger partial charge in [0.05, 0.1) is 43.3 Å². The molecule has 0 atom stereocenters. The number of nitrogens with one attached hydrogen (secondary N) is 1. The zero-order chi connectivity index (χ0) is 16.9. The minimum Gasteiger partial charge on any atom is -0.378 e. The second kappa shape index (κ2) is 7.49. The van der Waals surface area contributed by atoms with Gasteiger partial charge < -0.3 is 4.74 Å². The van der Waals surface area contributed by atoms with E-state index in [2.05, 4.69) is 17.1 Å². The molecule has 128 valence electrons. The van der Waals surface area contributed by atoms with Crippen molar-refractivity contribution in [3.63, 3.8) is 0 Å². The van der Waals surface area contributed by atoms with Crippen LogP contribution in [0.1, 0.15) is 31.5 Å². The summed E-state index contributed by atoms with van der Waals surface area (Å²) in [5.74, 6) is 0. The quantitative estimate of drug-likeness (QED) is 0.856. The van der Waals surface area contributed by atoms with Crippen LogP contribution in [0.5, 0.6) is 0 Å². The van der Waals surface area contributed by atoms with Gasteiger partial charge in [-0.1, -0.05) is 31.5 Å². The van der Waals surface area contributed by atoms with Gasteiger partial charge in [0, 0.05) is 5.69 Å². The molecule has 2 heterocycles. The zero-order valence-corrected chi connectivity index (χ0v) is 14.3. The predicted molar refractivity (Wildman–Crippen MR) is 95.0 cm³/mol. The van der Waals surface area contributed by atoms with Gasteiger partial charge in [-0.2, -0.15) is 5.10 Å². The van der Waals surface area contributed by atoms with Gasteiger partial charge in [-0.3, -0.25) is 14.9 Å². The molecule has 0 bridgehead atoms. The molecular weight excluding hydrogens is 304 g/mol. The Labute approximate surface area is 141 Å². The Bertz CT molecular complexity index is 755. The van der Waals surface area contributed by atoms with E-state index in [0.717, 1.165) is 43.0 Å². The molecule has 1 fully saturated rings. The molecule has 1 aliphatic rings. The van der Waals surface area contributed by atoms with E-state index in [9.17, 15) is 4.79 Å². The summed E-state index contributed by atoms with van der Waals surface area (Å²) in [6.07, 6.45) is 1.78. The third-order valence-electron chi connectivity index (χ3n) is 4.12. The van der Waals surface area contributed by atoms with Crippen LogP contribution in [0.15, 0.2) is 40.2 Å². The molecular formula is C18H24N4O2. The number of rotatable bonds is 5. The molecule has 1 aromatic heterocycles. The lowest BCUT2D eigenvalue weighted by molar-refractivity contribution is 0.0393. The number of aryl methyl sites for hydroxylation is 1. The number of hydrogen-bond acceptors (Lipinski definition) is 4. The zero-order valence-electron chi connectivity index (χ0n) is 14.3. The fourth-order valence-electron chi connectivity index (χ4n) is 2.96. The molecule has 0 unspecified atom stereocenters. The molecule has 6 nitrogen and oxygen atoms in total. The van der Waals surface area contributed by atoms with Gasteiger partial charge in [0.2, 0.25) is 0 Å². The standard InChI is InChI=1S/C18H24N4O2/c1-3-7-16-17(14(2)19-21-10-12-24-13-11-21)18(23)22(20-16)15-8-5-4-6-9-15/h4-6,8-9,20H,3,7,10-13H2,1-2H3. The van der Waals surface area contributed by atoms with Crippen LogP contribution in [0.2, 0.25) is 0 Å². The van der Waals surface area contributed by atoms with E-state index < -0.39 is 0 Å². The Hall–Kier alpha value is -2.34. The van der Waals surface area contributed by atoms with Gasteiger partial charge in [-0.25, -0.2) is 4.68 Å². The predicted octanol–water partition coefficient (Wildman–Crippen LogP) is 2.17. The number of nitrogens with zero attached hydrogens (tertiary/aromatic N) is 3. The lowest BCUT2D eigenvalue weighted by atomic mass is 10.1. The molecule has 1 saturated heterocycles. The number of hydrazone groups is 1. The van der Waals surface area contributed by atoms with Gasteiger partial charge in [-0.05, 0) is 25.5 Å². The summed E-state index contributed by atoms with van der Waals surface area (Å²) in [6.45, 7) is 6.90. The van der Waals surface area contributed by atoms with Crippen LogP contribution in [-0.4, -0.2) is 46.8 Å². The maximum absolute atomic E-state index is 13.0. The third kappa shape index (κ3) is 3.43. The highest BCUT2D eigenvalue weighted by Crippen LogP contribution is 2.12. The Kier molecular flexibility index (Phi) is 5.15. The highest BCUT2D eigenvalue weighted by molar-refractivity contribution is 5.99. The minimum absolute atomic E-state index is 0.0424. The average molecular weight is 328 g/mol. The Morgan fingerprint density at radius 3 is 2.62 bits per heavy atom. The van der Waals surface area contributed by atoms with Gasteiger partial charge in [0.1, 0.15) is 0 Å². The van der Waals surface area contributed by atoms with Crippen LogP contribution in [0, 0.1) is 0 Å². The van der Waals surface area contributed by atoms with E-state index in [1.165, 1.54) is 0 Å². The number of benzene rings is 1. The number of ether oxygens (including phenoxy) is 1. The van der Waals surface area contributed by atoms with Crippen molar-refractivity contribution in [1.29, 1.82) is 0 Å². The SMILES string of the molecule is CCCc1[nH]n(-c2ccccc2)c(=O)c1C(C)=NN1CCOCC1. The maximum Gasteiger partial charge on any atom is 0.280 e. The molecule has 0 amide bonds. The molecule has 0 radical (unpaired) electrons. The van der Waals surface area contributed by atoms with Gasteiger partial charge in [0.25, 0.3) is 5.56 Å². The van der Waals surface area contributed by atoms with Crippen molar-refractivity contribution in [3.05, 3.63) is 51.9 Å². The summed E-state index contributed by atoms with van der Waals surface area (Å²) < 4.78 is 6.96. The van der Waals surface area contributed by atoms with Gasteiger partial charge >= 0.3 is 0 Å². The van der Waals surface area contributed by atoms with Crippen molar-refractivity contribution in [2.45, 2.75) is 26.7 Å². The topological polar surface area (TPSA) is 62.6 Å². The number of hydrogen-bond donors (Lipinski definition) is 1. The van der Waals surface area contributed by atoms with Crippen molar-refractivity contribution in [2.75, 3.05) is 26.3 Å². The van der Waals surface area contributed by atoms with E-state index >= 15 is 0 Å². The van der Waals surface area contributed by atoms with Crippen molar-refractivity contribution in [3.8, 4) is 5.69 Å². The lowest BCUT2D eigenvalue weighted by Gasteiger charge is -2.24. The van der Waals surface area contributed by atoms with E-state index in [1.807, 2.05) is 42.3 Å². The summed E-state index contributed by atoms with van der Waals surface area (Å²) in [5.41, 5.74) is 3.19. The Morgan fingerprint density at radius 1 is 1.25 bits per heavy atom. The molecule has 1 aromatic carbocycles. The first-order chi connectivity index (χ1) is 11.7. The minimum atomic E-state index is -0.0424.